The zero-order chi connectivity index (χ0) is 97.6. The van der Waals surface area contributed by atoms with E-state index in [1.165, 1.54) is 30.3 Å². The van der Waals surface area contributed by atoms with Gasteiger partial charge in [0.2, 0.25) is 5.78 Å². The number of halogens is 5. The lowest BCUT2D eigenvalue weighted by Crippen LogP contribution is -2.23. The zero-order valence-corrected chi connectivity index (χ0v) is 75.8. The highest BCUT2D eigenvalue weighted by Gasteiger charge is 2.19. The third-order valence-corrected chi connectivity index (χ3v) is 21.6. The standard InChI is InChI=1S/C24H21FN2O2.C22H18FN3O2.3C21H17FN4O2/c1-17-15-27-12-11-19(14-24(27)26-17)23(28)10-9-18-5-4-7-21(13-18)29-16-20-6-2-3-8-22(20)25;23-19-9-2-1-7-17(19)15-28-18-8-5-6-16(12-18)13-24-22(27)20-14-26-11-4-3-10-21(26)25-20;22-18-8-2-1-6-16(18)14-28-17-7-3-5-15(11-17)12-24-20(27)19-13-26-10-4-9-23-21(26)25-19;22-18-8-2-1-6-16(18)14-28-17-7-3-5-15(11-17)12-23-21(27)19-13-26-20(25-19)9-4-10-24-26;22-18-7-2-1-5-16(18)14-28-17-6-3-4-15(10-17)11-24-21(27)19-13-26-9-8-23-12-20(26)25-19/h2-8,11-15H,9-10,16H2,1H3;1-12,14H,13,15H2,(H,24,27);1-11,13H,12,14H2,(H,24,27);1-11,13H,12,14H2,(H,23,27);1-10,12-13H,11,14H2,(H,24,27). The number of nitrogens with one attached hydrogen (secondary N) is 4. The van der Waals surface area contributed by atoms with Crippen LogP contribution >= 0.6 is 0 Å². The third kappa shape index (κ3) is 27.1. The van der Waals surface area contributed by atoms with Crippen molar-refractivity contribution in [1.29, 1.82) is 0 Å². The molecule has 0 aliphatic heterocycles. The molecule has 0 spiro atoms. The molecule has 20 aromatic rings. The van der Waals surface area contributed by atoms with Gasteiger partial charge in [-0.1, -0.05) is 158 Å². The minimum absolute atomic E-state index is 0.0748. The Morgan fingerprint density at radius 3 is 1.12 bits per heavy atom. The van der Waals surface area contributed by atoms with Gasteiger partial charge in [-0.2, -0.15) is 5.10 Å². The first kappa shape index (κ1) is 95.8. The van der Waals surface area contributed by atoms with Gasteiger partial charge in [0, 0.05) is 134 Å². The van der Waals surface area contributed by atoms with Crippen LogP contribution in [0.2, 0.25) is 0 Å². The second-order valence-corrected chi connectivity index (χ2v) is 31.8. The number of ether oxygens (including phenoxy) is 5. The molecule has 0 aliphatic carbocycles. The Morgan fingerprint density at radius 1 is 0.312 bits per heavy atom. The number of carbonyl (C=O) groups excluding carboxylic acids is 5. The maximum Gasteiger partial charge on any atom is 0.271 e. The summed E-state index contributed by atoms with van der Waals surface area (Å²) in [6.45, 7) is 3.93. The number of nitrogens with zero attached hydrogens (tertiary/aromatic N) is 13. The van der Waals surface area contributed by atoms with E-state index in [2.05, 4.69) is 61.3 Å². The van der Waals surface area contributed by atoms with Gasteiger partial charge in [-0.3, -0.25) is 33.4 Å². The van der Waals surface area contributed by atoms with Crippen LogP contribution in [0.5, 0.6) is 28.7 Å². The van der Waals surface area contributed by atoms with Crippen LogP contribution in [0.4, 0.5) is 22.0 Å². The summed E-state index contributed by atoms with van der Waals surface area (Å²) in [6.07, 6.45) is 23.2. The first-order chi connectivity index (χ1) is 68.8. The summed E-state index contributed by atoms with van der Waals surface area (Å²) in [5.74, 6) is 1.06. The second kappa shape index (κ2) is 47.2. The zero-order valence-electron chi connectivity index (χ0n) is 75.8. The second-order valence-electron chi connectivity index (χ2n) is 31.8. The average Bonchev–Trinajstić information content (AvgIpc) is 1.70. The van der Waals surface area contributed by atoms with Gasteiger partial charge in [0.1, 0.15) is 125 Å². The number of hydrogen-bond donors (Lipinski definition) is 4. The van der Waals surface area contributed by atoms with Gasteiger partial charge in [-0.25, -0.2) is 56.4 Å². The summed E-state index contributed by atoms with van der Waals surface area (Å²) in [4.78, 5) is 91.4. The van der Waals surface area contributed by atoms with Gasteiger partial charge < -0.3 is 58.2 Å². The monoisotopic (exact) mass is 1890 g/mol. The average molecular weight is 1890 g/mol. The number of imidazole rings is 5. The molecule has 10 aromatic heterocycles. The third-order valence-electron chi connectivity index (χ3n) is 21.6. The summed E-state index contributed by atoms with van der Waals surface area (Å²) < 4.78 is 106. The molecule has 141 heavy (non-hydrogen) atoms. The molecule has 27 nitrogen and oxygen atoms in total. The number of Topliss-reactive ketones (excluding diaryl/α,β-unsaturated/α-hetero) is 1. The van der Waals surface area contributed by atoms with Gasteiger partial charge in [-0.05, 0) is 175 Å². The maximum absolute atomic E-state index is 13.7. The summed E-state index contributed by atoms with van der Waals surface area (Å²) in [6, 6.07) is 84.0. The van der Waals surface area contributed by atoms with Gasteiger partial charge in [-0.15, -0.1) is 0 Å². The smallest absolute Gasteiger partial charge is 0.271 e. The molecule has 20 rings (SSSR count). The van der Waals surface area contributed by atoms with E-state index in [0.29, 0.717) is 141 Å². The number of carbonyl (C=O) groups is 5. The van der Waals surface area contributed by atoms with Crippen molar-refractivity contribution in [1.82, 2.24) is 83.4 Å². The van der Waals surface area contributed by atoms with E-state index in [0.717, 1.165) is 44.8 Å². The van der Waals surface area contributed by atoms with E-state index in [1.54, 1.807) is 213 Å². The van der Waals surface area contributed by atoms with Crippen molar-refractivity contribution >= 4 is 57.8 Å². The van der Waals surface area contributed by atoms with Crippen molar-refractivity contribution in [3.05, 3.63) is 490 Å². The number of aryl methyl sites for hydroxylation is 2. The molecule has 0 bridgehead atoms. The molecule has 0 fully saturated rings. The summed E-state index contributed by atoms with van der Waals surface area (Å²) in [5, 5.41) is 15.4. The molecular formula is C109H90F5N17O10. The Labute approximate surface area is 804 Å². The van der Waals surface area contributed by atoms with Gasteiger partial charge in [0.15, 0.2) is 17.1 Å². The van der Waals surface area contributed by atoms with E-state index >= 15 is 0 Å². The van der Waals surface area contributed by atoms with Gasteiger partial charge in [0.05, 0.1) is 18.1 Å². The van der Waals surface area contributed by atoms with Crippen LogP contribution in [0.15, 0.2) is 372 Å². The van der Waals surface area contributed by atoms with Gasteiger partial charge >= 0.3 is 0 Å². The van der Waals surface area contributed by atoms with E-state index < -0.39 is 0 Å². The fourth-order valence-corrected chi connectivity index (χ4v) is 14.3. The van der Waals surface area contributed by atoms with Crippen molar-refractivity contribution in [2.75, 3.05) is 0 Å². The van der Waals surface area contributed by atoms with Crippen LogP contribution in [0.25, 0.3) is 28.4 Å². The molecule has 706 valence electrons. The number of rotatable bonds is 31. The predicted octanol–water partition coefficient (Wildman–Crippen LogP) is 19.3. The van der Waals surface area contributed by atoms with Crippen LogP contribution in [0.3, 0.4) is 0 Å². The van der Waals surface area contributed by atoms with Crippen LogP contribution in [-0.4, -0.2) is 91.5 Å². The Hall–Kier alpha value is -18.4. The Balaban J connectivity index is 0.000000127. The number of amides is 4. The van der Waals surface area contributed by atoms with Gasteiger partial charge in [0.25, 0.3) is 23.6 Å². The number of benzene rings is 10. The largest absolute Gasteiger partial charge is 0.489 e. The molecule has 0 atom stereocenters. The fourth-order valence-electron chi connectivity index (χ4n) is 14.3. The fraction of sp³-hybridized carbons (Fsp3) is 0.110. The Morgan fingerprint density at radius 2 is 0.688 bits per heavy atom. The van der Waals surface area contributed by atoms with Crippen LogP contribution < -0.4 is 45.0 Å². The highest BCUT2D eigenvalue weighted by atomic mass is 19.1. The van der Waals surface area contributed by atoms with Crippen molar-refractivity contribution in [2.24, 2.45) is 0 Å². The molecule has 10 heterocycles. The van der Waals surface area contributed by atoms with E-state index in [1.807, 2.05) is 157 Å². The lowest BCUT2D eigenvalue weighted by Gasteiger charge is -2.09. The van der Waals surface area contributed by atoms with Crippen LogP contribution in [0, 0.1) is 36.0 Å². The molecule has 4 N–H and O–H groups in total. The topological polar surface area (TPSA) is 305 Å². The van der Waals surface area contributed by atoms with Crippen molar-refractivity contribution in [3.63, 3.8) is 0 Å². The lowest BCUT2D eigenvalue weighted by molar-refractivity contribution is 0.0938. The summed E-state index contributed by atoms with van der Waals surface area (Å²) in [7, 11) is 0. The first-order valence-electron chi connectivity index (χ1n) is 44.5. The minimum Gasteiger partial charge on any atom is -0.489 e. The first-order valence-corrected chi connectivity index (χ1v) is 44.5. The molecule has 10 aromatic carbocycles. The Kier molecular flexibility index (Phi) is 32.1. The number of fused-ring (bicyclic) bond motifs is 5. The minimum atomic E-state index is -0.298. The quantitative estimate of drug-likeness (QED) is 0.0232. The Bertz CT molecular complexity index is 6910. The molecule has 0 radical (unpaired) electrons. The van der Waals surface area contributed by atoms with Crippen LogP contribution in [-0.2, 0) is 65.6 Å². The van der Waals surface area contributed by atoms with E-state index in [9.17, 15) is 45.9 Å². The lowest BCUT2D eigenvalue weighted by atomic mass is 10.0. The van der Waals surface area contributed by atoms with E-state index in [4.69, 9.17) is 23.7 Å². The molecule has 0 saturated heterocycles. The van der Waals surface area contributed by atoms with Crippen molar-refractivity contribution < 1.29 is 69.6 Å². The molecule has 0 saturated carbocycles. The SMILES string of the molecule is Cc1cn2ccc(C(=O)CCc3cccc(OCc4ccccc4F)c3)cc2n1.O=C(NCc1cccc(OCc2ccccc2F)c1)c1cn2ccccc2n1.O=C(NCc1cccc(OCc2ccccc2F)c1)c1cn2cccnc2n1.O=C(NCc1cccc(OCc2ccccc2F)c1)c1cn2ccncc2n1.O=C(NCc1cccc(OCc2ccccc2F)c1)c1cn2ncccc2n1. The highest BCUT2D eigenvalue weighted by Crippen LogP contribution is 2.25. The highest BCUT2D eigenvalue weighted by molar-refractivity contribution is 5.97. The number of pyridine rings is 2. The predicted molar refractivity (Wildman–Crippen MR) is 517 cm³/mol. The van der Waals surface area contributed by atoms with E-state index in [-0.39, 0.29) is 91.5 Å². The summed E-state index contributed by atoms with van der Waals surface area (Å²) >= 11 is 0. The summed E-state index contributed by atoms with van der Waals surface area (Å²) in [5.41, 5.74) is 12.5. The number of ketones is 1. The van der Waals surface area contributed by atoms with Crippen LogP contribution in [0.1, 0.15) is 120 Å². The van der Waals surface area contributed by atoms with Crippen molar-refractivity contribution in [2.45, 2.75) is 79.0 Å². The molecule has 0 aliphatic rings. The molecule has 0 unspecified atom stereocenters. The maximum atomic E-state index is 13.7. The number of aromatic nitrogens is 13. The molecular weight excluding hydrogens is 1800 g/mol. The normalized spacial score (nSPS) is 10.8. The van der Waals surface area contributed by atoms with Crippen molar-refractivity contribution in [3.8, 4) is 28.7 Å². The molecule has 4 amide bonds. The number of hydrogen-bond acceptors (Lipinski definition) is 18. The molecule has 32 heteroatoms.